The van der Waals surface area contributed by atoms with Crippen molar-refractivity contribution >= 4 is 31.1 Å². The standard InChI is InChI=1S/C12H8ClN4O5P.Na.H/c13-7-1-2-10(22-23(19,20)21)9(3-7)12(18)17-11-6-15-8(4-14)5-16-11;;/h1-3,5-6H,(H,16,17,18)(H2,19,20,21);;/q;+1;-1. The molecule has 0 saturated heterocycles. The van der Waals surface area contributed by atoms with E-state index in [1.165, 1.54) is 12.1 Å². The maximum atomic E-state index is 12.2. The van der Waals surface area contributed by atoms with Gasteiger partial charge in [0.1, 0.15) is 11.8 Å². The van der Waals surface area contributed by atoms with Crippen LogP contribution in [0.25, 0.3) is 0 Å². The maximum Gasteiger partial charge on any atom is 1.00 e. The Morgan fingerprint density at radius 3 is 2.62 bits per heavy atom. The van der Waals surface area contributed by atoms with Gasteiger partial charge >= 0.3 is 37.4 Å². The predicted octanol–water partition coefficient (Wildman–Crippen LogP) is -1.16. The number of rotatable bonds is 4. The number of carbonyl (C=O) groups is 1. The molecular weight excluding hydrogens is 370 g/mol. The largest absolute Gasteiger partial charge is 1.00 e. The second-order valence-electron chi connectivity index (χ2n) is 4.08. The molecule has 3 N–H and O–H groups in total. The molecule has 0 saturated carbocycles. The molecule has 0 spiro atoms. The molecule has 2 rings (SSSR count). The number of hydrogen-bond acceptors (Lipinski definition) is 6. The molecule has 0 aliphatic rings. The van der Waals surface area contributed by atoms with Crippen LogP contribution in [0.3, 0.4) is 0 Å². The molecule has 24 heavy (non-hydrogen) atoms. The van der Waals surface area contributed by atoms with Gasteiger partial charge in [-0.2, -0.15) is 5.26 Å². The maximum absolute atomic E-state index is 12.2. The summed E-state index contributed by atoms with van der Waals surface area (Å²) in [5.74, 6) is -1.08. The summed E-state index contributed by atoms with van der Waals surface area (Å²) in [6, 6.07) is 5.41. The van der Waals surface area contributed by atoms with Gasteiger partial charge in [0, 0.05) is 5.02 Å². The Kier molecular flexibility index (Phi) is 7.32. The molecule has 1 aromatic carbocycles. The molecule has 0 bridgehead atoms. The first-order chi connectivity index (χ1) is 10.8. The topological polar surface area (TPSA) is 145 Å². The summed E-state index contributed by atoms with van der Waals surface area (Å²) in [7, 11) is -4.85. The zero-order chi connectivity index (χ0) is 17.0. The van der Waals surface area contributed by atoms with Crippen LogP contribution in [0.4, 0.5) is 5.82 Å². The Hall–Kier alpha value is -1.50. The average Bonchev–Trinajstić information content (AvgIpc) is 2.48. The van der Waals surface area contributed by atoms with Crippen LogP contribution < -0.4 is 39.4 Å². The van der Waals surface area contributed by atoms with Gasteiger partial charge in [-0.25, -0.2) is 14.5 Å². The molecule has 12 heteroatoms. The Balaban J connectivity index is 0.00000288. The van der Waals surface area contributed by atoms with Crippen LogP contribution in [-0.4, -0.2) is 25.7 Å². The number of nitriles is 1. The van der Waals surface area contributed by atoms with E-state index in [0.717, 1.165) is 18.5 Å². The summed E-state index contributed by atoms with van der Waals surface area (Å²) < 4.78 is 15.4. The molecule has 2 aromatic rings. The van der Waals surface area contributed by atoms with E-state index in [9.17, 15) is 9.36 Å². The van der Waals surface area contributed by atoms with Gasteiger partial charge in [0.25, 0.3) is 5.91 Å². The molecule has 0 radical (unpaired) electrons. The minimum atomic E-state index is -4.85. The first-order valence-corrected chi connectivity index (χ1v) is 7.77. The van der Waals surface area contributed by atoms with Gasteiger partial charge in [-0.15, -0.1) is 0 Å². The summed E-state index contributed by atoms with van der Waals surface area (Å²) in [5, 5.41) is 11.1. The smallest absolute Gasteiger partial charge is 1.00 e. The first kappa shape index (κ1) is 20.5. The SMILES string of the molecule is N#Cc1cnc(NC(=O)c2cc(Cl)ccc2OP(=O)(O)O)cn1.[H-].[Na+]. The Labute approximate surface area is 164 Å². The molecule has 1 amide bonds. The van der Waals surface area contributed by atoms with Crippen LogP contribution in [0, 0.1) is 11.3 Å². The molecule has 0 atom stereocenters. The number of nitrogens with zero attached hydrogens (tertiary/aromatic N) is 3. The van der Waals surface area contributed by atoms with E-state index in [-0.39, 0.29) is 58.8 Å². The van der Waals surface area contributed by atoms with Gasteiger partial charge < -0.3 is 11.3 Å². The quantitative estimate of drug-likeness (QED) is 0.446. The number of anilines is 1. The summed E-state index contributed by atoms with van der Waals surface area (Å²) in [4.78, 5) is 37.4. The monoisotopic (exact) mass is 378 g/mol. The van der Waals surface area contributed by atoms with Crippen LogP contribution in [0.15, 0.2) is 30.6 Å². The minimum Gasteiger partial charge on any atom is -1.00 e. The molecule has 0 aliphatic heterocycles. The number of amides is 1. The number of halogens is 1. The van der Waals surface area contributed by atoms with Crippen LogP contribution in [0.5, 0.6) is 5.75 Å². The van der Waals surface area contributed by atoms with Crippen molar-refractivity contribution in [1.82, 2.24) is 9.97 Å². The van der Waals surface area contributed by atoms with Gasteiger partial charge in [-0.05, 0) is 18.2 Å². The van der Waals surface area contributed by atoms with E-state index in [4.69, 9.17) is 26.6 Å². The summed E-state index contributed by atoms with van der Waals surface area (Å²) in [6.45, 7) is 0. The molecule has 9 nitrogen and oxygen atoms in total. The molecule has 120 valence electrons. The van der Waals surface area contributed by atoms with E-state index in [1.807, 2.05) is 0 Å². The Morgan fingerprint density at radius 1 is 1.38 bits per heavy atom. The first-order valence-electron chi connectivity index (χ1n) is 5.86. The van der Waals surface area contributed by atoms with Crippen molar-refractivity contribution in [2.45, 2.75) is 0 Å². The van der Waals surface area contributed by atoms with Crippen molar-refractivity contribution in [3.05, 3.63) is 46.9 Å². The van der Waals surface area contributed by atoms with Crippen molar-refractivity contribution in [1.29, 1.82) is 5.26 Å². The van der Waals surface area contributed by atoms with E-state index in [1.54, 1.807) is 6.07 Å². The third-order valence-corrected chi connectivity index (χ3v) is 3.08. The normalized spacial score (nSPS) is 10.2. The minimum absolute atomic E-state index is 0. The fourth-order valence-corrected chi connectivity index (χ4v) is 2.11. The van der Waals surface area contributed by atoms with Crippen molar-refractivity contribution in [3.8, 4) is 11.8 Å². The molecule has 0 unspecified atom stereocenters. The molecule has 1 aromatic heterocycles. The third-order valence-electron chi connectivity index (χ3n) is 2.41. The van der Waals surface area contributed by atoms with Gasteiger partial charge in [-0.1, -0.05) is 11.6 Å². The van der Waals surface area contributed by atoms with E-state index in [2.05, 4.69) is 19.8 Å². The average molecular weight is 379 g/mol. The van der Waals surface area contributed by atoms with E-state index >= 15 is 0 Å². The fraction of sp³-hybridized carbons (Fsp3) is 0. The summed E-state index contributed by atoms with van der Waals surface area (Å²) in [6.07, 6.45) is 2.31. The number of aromatic nitrogens is 2. The molecular formula is C12H9ClN4NaO5P. The summed E-state index contributed by atoms with van der Waals surface area (Å²) in [5.41, 5.74) is -0.136. The second kappa shape index (κ2) is 8.55. The van der Waals surface area contributed by atoms with Crippen molar-refractivity contribution in [3.63, 3.8) is 0 Å². The third kappa shape index (κ3) is 5.85. The molecule has 0 fully saturated rings. The Morgan fingerprint density at radius 2 is 2.08 bits per heavy atom. The number of hydrogen-bond donors (Lipinski definition) is 3. The number of benzene rings is 1. The van der Waals surface area contributed by atoms with E-state index in [0.29, 0.717) is 0 Å². The van der Waals surface area contributed by atoms with Crippen LogP contribution in [-0.2, 0) is 4.57 Å². The van der Waals surface area contributed by atoms with Crippen molar-refractivity contribution in [2.24, 2.45) is 0 Å². The number of carbonyl (C=O) groups excluding carboxylic acids is 1. The van der Waals surface area contributed by atoms with Crippen molar-refractivity contribution < 1.29 is 54.7 Å². The zero-order valence-corrected chi connectivity index (χ0v) is 15.8. The van der Waals surface area contributed by atoms with E-state index < -0.39 is 13.7 Å². The van der Waals surface area contributed by atoms with Gasteiger partial charge in [0.05, 0.1) is 18.0 Å². The van der Waals surface area contributed by atoms with Crippen LogP contribution >= 0.6 is 19.4 Å². The number of phosphoric ester groups is 1. The second-order valence-corrected chi connectivity index (χ2v) is 5.68. The number of phosphoric acid groups is 1. The summed E-state index contributed by atoms with van der Waals surface area (Å²) >= 11 is 5.78. The molecule has 1 heterocycles. The Bertz CT molecular complexity index is 842. The fourth-order valence-electron chi connectivity index (χ4n) is 1.52. The number of nitrogens with one attached hydrogen (secondary N) is 1. The predicted molar refractivity (Wildman–Crippen MR) is 79.9 cm³/mol. The van der Waals surface area contributed by atoms with Gasteiger partial charge in [0.15, 0.2) is 11.5 Å². The van der Waals surface area contributed by atoms with Crippen LogP contribution in [0.2, 0.25) is 5.02 Å². The van der Waals surface area contributed by atoms with Gasteiger partial charge in [0.2, 0.25) is 0 Å². The van der Waals surface area contributed by atoms with Gasteiger partial charge in [-0.3, -0.25) is 14.6 Å². The zero-order valence-electron chi connectivity index (χ0n) is 13.2. The molecule has 0 aliphatic carbocycles. The van der Waals surface area contributed by atoms with Crippen LogP contribution in [0.1, 0.15) is 17.5 Å². The van der Waals surface area contributed by atoms with Crippen molar-refractivity contribution in [2.75, 3.05) is 5.32 Å².